The fourth-order valence-corrected chi connectivity index (χ4v) is 3.01. The summed E-state index contributed by atoms with van der Waals surface area (Å²) in [7, 11) is 0. The van der Waals surface area contributed by atoms with E-state index in [0.717, 1.165) is 6.54 Å². The van der Waals surface area contributed by atoms with Crippen molar-refractivity contribution in [3.8, 4) is 0 Å². The van der Waals surface area contributed by atoms with E-state index in [0.29, 0.717) is 12.0 Å². The van der Waals surface area contributed by atoms with Crippen LogP contribution in [0.3, 0.4) is 0 Å². The van der Waals surface area contributed by atoms with Gasteiger partial charge < -0.3 is 11.1 Å². The van der Waals surface area contributed by atoms with Crippen LogP contribution < -0.4 is 11.1 Å². The van der Waals surface area contributed by atoms with Crippen LogP contribution in [0.4, 0.5) is 5.69 Å². The number of halogens is 1. The Bertz CT molecular complexity index is 378. The van der Waals surface area contributed by atoms with Crippen LogP contribution >= 0.6 is 15.9 Å². The zero-order valence-corrected chi connectivity index (χ0v) is 12.0. The van der Waals surface area contributed by atoms with E-state index in [1.807, 2.05) is 0 Å². The van der Waals surface area contributed by atoms with Crippen molar-refractivity contribution in [3.63, 3.8) is 0 Å². The van der Waals surface area contributed by atoms with Gasteiger partial charge in [0.2, 0.25) is 0 Å². The van der Waals surface area contributed by atoms with Crippen molar-refractivity contribution in [2.24, 2.45) is 11.7 Å². The van der Waals surface area contributed by atoms with Crippen LogP contribution in [0.2, 0.25) is 0 Å². The molecular formula is C14H21BrN2. The van der Waals surface area contributed by atoms with Crippen LogP contribution in [-0.4, -0.2) is 12.6 Å². The predicted octanol–water partition coefficient (Wildman–Crippen LogP) is 3.69. The first-order valence-corrected chi connectivity index (χ1v) is 7.23. The molecule has 2 atom stereocenters. The lowest BCUT2D eigenvalue weighted by Crippen LogP contribution is -2.36. The molecule has 1 saturated carbocycles. The minimum absolute atomic E-state index is 0.543. The smallest absolute Gasteiger partial charge is 0.0383 e. The first-order valence-electron chi connectivity index (χ1n) is 6.44. The lowest BCUT2D eigenvalue weighted by atomic mass is 9.84. The molecule has 0 aromatic heterocycles. The highest BCUT2D eigenvalue weighted by molar-refractivity contribution is 9.10. The molecule has 0 spiro atoms. The third-order valence-corrected chi connectivity index (χ3v) is 4.68. The third-order valence-electron chi connectivity index (χ3n) is 3.82. The van der Waals surface area contributed by atoms with Gasteiger partial charge in [-0.3, -0.25) is 0 Å². The van der Waals surface area contributed by atoms with Crippen molar-refractivity contribution in [3.05, 3.63) is 28.2 Å². The van der Waals surface area contributed by atoms with E-state index in [9.17, 15) is 0 Å². The van der Waals surface area contributed by atoms with Gasteiger partial charge >= 0.3 is 0 Å². The van der Waals surface area contributed by atoms with Gasteiger partial charge in [-0.05, 0) is 49.9 Å². The second-order valence-corrected chi connectivity index (χ2v) is 5.80. The lowest BCUT2D eigenvalue weighted by Gasteiger charge is -2.32. The number of hydrogen-bond acceptors (Lipinski definition) is 2. The Kier molecular flexibility index (Phi) is 4.46. The Labute approximate surface area is 112 Å². The Hall–Kier alpha value is -0.540. The highest BCUT2D eigenvalue weighted by Gasteiger charge is 2.24. The van der Waals surface area contributed by atoms with E-state index in [-0.39, 0.29) is 0 Å². The van der Waals surface area contributed by atoms with Crippen LogP contribution in [0, 0.1) is 12.8 Å². The maximum Gasteiger partial charge on any atom is 0.0383 e. The van der Waals surface area contributed by atoms with Gasteiger partial charge in [0.1, 0.15) is 0 Å². The van der Waals surface area contributed by atoms with Crippen molar-refractivity contribution in [2.75, 3.05) is 11.9 Å². The summed E-state index contributed by atoms with van der Waals surface area (Å²) in [5, 5.41) is 3.68. The first kappa shape index (κ1) is 12.9. The second-order valence-electron chi connectivity index (χ2n) is 4.94. The molecule has 1 aliphatic carbocycles. The molecule has 0 radical (unpaired) electrons. The normalized spacial score (nSPS) is 24.6. The van der Waals surface area contributed by atoms with E-state index in [1.165, 1.54) is 41.4 Å². The average molecular weight is 297 g/mol. The van der Waals surface area contributed by atoms with Crippen LogP contribution in [0.25, 0.3) is 0 Å². The van der Waals surface area contributed by atoms with E-state index < -0.39 is 0 Å². The fraction of sp³-hybridized carbons (Fsp3) is 0.571. The van der Waals surface area contributed by atoms with Crippen molar-refractivity contribution < 1.29 is 0 Å². The zero-order chi connectivity index (χ0) is 12.3. The number of hydrogen-bond donors (Lipinski definition) is 2. The molecule has 3 heteroatoms. The van der Waals surface area contributed by atoms with Crippen LogP contribution in [0.15, 0.2) is 22.7 Å². The molecule has 2 unspecified atom stereocenters. The molecule has 1 fully saturated rings. The van der Waals surface area contributed by atoms with Gasteiger partial charge in [0.25, 0.3) is 0 Å². The minimum atomic E-state index is 0.543. The van der Waals surface area contributed by atoms with E-state index in [1.54, 1.807) is 0 Å². The number of anilines is 1. The predicted molar refractivity (Wildman–Crippen MR) is 77.3 cm³/mol. The Morgan fingerprint density at radius 2 is 2.12 bits per heavy atom. The molecule has 0 heterocycles. The topological polar surface area (TPSA) is 38.0 Å². The third kappa shape index (κ3) is 3.02. The number of nitrogens with one attached hydrogen (secondary N) is 1. The van der Waals surface area contributed by atoms with Gasteiger partial charge in [-0.15, -0.1) is 0 Å². The van der Waals surface area contributed by atoms with Gasteiger partial charge in [0.15, 0.2) is 0 Å². The number of nitrogens with two attached hydrogens (primary N) is 1. The second kappa shape index (κ2) is 5.87. The molecule has 0 amide bonds. The summed E-state index contributed by atoms with van der Waals surface area (Å²) in [6.07, 6.45) is 5.16. The van der Waals surface area contributed by atoms with E-state index in [4.69, 9.17) is 5.73 Å². The molecule has 1 aliphatic rings. The Balaban J connectivity index is 2.11. The van der Waals surface area contributed by atoms with Gasteiger partial charge in [0.05, 0.1) is 0 Å². The molecule has 0 saturated heterocycles. The maximum atomic E-state index is 5.87. The molecule has 1 aromatic carbocycles. The summed E-state index contributed by atoms with van der Waals surface area (Å²) in [6.45, 7) is 2.94. The summed E-state index contributed by atoms with van der Waals surface area (Å²) >= 11 is 3.58. The highest BCUT2D eigenvalue weighted by Crippen LogP contribution is 2.29. The maximum absolute atomic E-state index is 5.87. The summed E-state index contributed by atoms with van der Waals surface area (Å²) in [5.74, 6) is 0.627. The first-order chi connectivity index (χ1) is 8.22. The number of benzene rings is 1. The summed E-state index contributed by atoms with van der Waals surface area (Å²) in [6, 6.07) is 6.87. The Morgan fingerprint density at radius 3 is 2.88 bits per heavy atom. The number of rotatable bonds is 3. The quantitative estimate of drug-likeness (QED) is 0.893. The lowest BCUT2D eigenvalue weighted by molar-refractivity contribution is 0.332. The Morgan fingerprint density at radius 1 is 1.35 bits per heavy atom. The fourth-order valence-electron chi connectivity index (χ4n) is 2.64. The molecule has 3 N–H and O–H groups in total. The van der Waals surface area contributed by atoms with Crippen molar-refractivity contribution in [1.82, 2.24) is 0 Å². The molecule has 1 aromatic rings. The molecule has 17 heavy (non-hydrogen) atoms. The average Bonchev–Trinajstić information content (AvgIpc) is 2.35. The van der Waals surface area contributed by atoms with Gasteiger partial charge in [-0.25, -0.2) is 0 Å². The highest BCUT2D eigenvalue weighted by atomic mass is 79.9. The van der Waals surface area contributed by atoms with Crippen molar-refractivity contribution >= 4 is 21.6 Å². The standard InChI is InChI=1S/C14H21BrN2/c1-10-12(15)6-4-8-13(10)17-14-7-3-2-5-11(14)9-16/h4,6,8,11,14,17H,2-3,5,7,9,16H2,1H3. The molecule has 94 valence electrons. The van der Waals surface area contributed by atoms with Crippen LogP contribution in [0.5, 0.6) is 0 Å². The zero-order valence-electron chi connectivity index (χ0n) is 10.4. The van der Waals surface area contributed by atoms with E-state index >= 15 is 0 Å². The van der Waals surface area contributed by atoms with Crippen molar-refractivity contribution in [2.45, 2.75) is 38.6 Å². The van der Waals surface area contributed by atoms with Crippen molar-refractivity contribution in [1.29, 1.82) is 0 Å². The monoisotopic (exact) mass is 296 g/mol. The molecule has 0 bridgehead atoms. The minimum Gasteiger partial charge on any atom is -0.382 e. The van der Waals surface area contributed by atoms with Gasteiger partial charge in [-0.2, -0.15) is 0 Å². The molecule has 0 aliphatic heterocycles. The molecular weight excluding hydrogens is 276 g/mol. The summed E-state index contributed by atoms with van der Waals surface area (Å²) in [4.78, 5) is 0. The SMILES string of the molecule is Cc1c(Br)cccc1NC1CCCCC1CN. The summed E-state index contributed by atoms with van der Waals surface area (Å²) < 4.78 is 1.17. The van der Waals surface area contributed by atoms with Gasteiger partial charge in [0, 0.05) is 16.2 Å². The molecule has 2 nitrogen and oxygen atoms in total. The van der Waals surface area contributed by atoms with Crippen LogP contribution in [-0.2, 0) is 0 Å². The van der Waals surface area contributed by atoms with Gasteiger partial charge in [-0.1, -0.05) is 34.8 Å². The molecule has 2 rings (SSSR count). The largest absolute Gasteiger partial charge is 0.382 e. The van der Waals surface area contributed by atoms with E-state index in [2.05, 4.69) is 46.4 Å². The summed E-state index contributed by atoms with van der Waals surface area (Å²) in [5.41, 5.74) is 8.39. The van der Waals surface area contributed by atoms with Crippen LogP contribution in [0.1, 0.15) is 31.2 Å².